The molecule has 0 atom stereocenters. The highest BCUT2D eigenvalue weighted by molar-refractivity contribution is 7.92. The normalized spacial score (nSPS) is 11.9. The van der Waals surface area contributed by atoms with E-state index in [4.69, 9.17) is 0 Å². The predicted molar refractivity (Wildman–Crippen MR) is 95.4 cm³/mol. The third-order valence-corrected chi connectivity index (χ3v) is 4.53. The second kappa shape index (κ2) is 7.21. The number of nitrogens with one attached hydrogen (secondary N) is 1. The Kier molecular flexibility index (Phi) is 6.04. The van der Waals surface area contributed by atoms with Crippen LogP contribution in [0.4, 0.5) is 11.4 Å². The fourth-order valence-electron chi connectivity index (χ4n) is 1.94. The van der Waals surface area contributed by atoms with Crippen molar-refractivity contribution in [2.45, 2.75) is 20.8 Å². The summed E-state index contributed by atoms with van der Waals surface area (Å²) < 4.78 is 25.4. The molecule has 1 aromatic carbocycles. The van der Waals surface area contributed by atoms with Crippen molar-refractivity contribution in [3.05, 3.63) is 24.3 Å². The number of amides is 1. The van der Waals surface area contributed by atoms with E-state index in [1.54, 1.807) is 12.1 Å². The minimum atomic E-state index is -3.42. The highest BCUT2D eigenvalue weighted by Gasteiger charge is 2.22. The second-order valence-electron chi connectivity index (χ2n) is 6.75. The molecule has 1 rings (SSSR count). The summed E-state index contributed by atoms with van der Waals surface area (Å²) in [6.45, 7) is 5.91. The molecule has 0 heterocycles. The van der Waals surface area contributed by atoms with Crippen LogP contribution >= 0.6 is 0 Å². The largest absolute Gasteiger partial charge is 0.378 e. The topological polar surface area (TPSA) is 69.7 Å². The molecular weight excluding hydrogens is 314 g/mol. The van der Waals surface area contributed by atoms with Gasteiger partial charge in [-0.05, 0) is 24.3 Å². The molecule has 1 aromatic rings. The van der Waals surface area contributed by atoms with Crippen molar-refractivity contribution in [2.24, 2.45) is 5.41 Å². The van der Waals surface area contributed by atoms with Crippen LogP contribution in [0.3, 0.4) is 0 Å². The van der Waals surface area contributed by atoms with Crippen LogP contribution in [0, 0.1) is 5.41 Å². The maximum atomic E-state index is 12.0. The summed E-state index contributed by atoms with van der Waals surface area (Å²) in [4.78, 5) is 13.8. The molecule has 0 aromatic heterocycles. The van der Waals surface area contributed by atoms with Crippen molar-refractivity contribution in [1.29, 1.82) is 0 Å². The summed E-state index contributed by atoms with van der Waals surface area (Å²) in [6, 6.07) is 7.26. The first-order chi connectivity index (χ1) is 10.4. The standard InChI is InChI=1S/C16H27N3O3S/c1-16(2,3)15(20)17-11-12-19(23(6,21)22)14-9-7-13(8-10-14)18(4)5/h7-10H,11-12H2,1-6H3,(H,17,20). The molecule has 23 heavy (non-hydrogen) atoms. The Labute approximate surface area is 139 Å². The molecule has 0 unspecified atom stereocenters. The summed E-state index contributed by atoms with van der Waals surface area (Å²) >= 11 is 0. The molecule has 1 N–H and O–H groups in total. The Balaban J connectivity index is 2.84. The fourth-order valence-corrected chi connectivity index (χ4v) is 2.87. The summed E-state index contributed by atoms with van der Waals surface area (Å²) in [6.07, 6.45) is 1.17. The summed E-state index contributed by atoms with van der Waals surface area (Å²) in [5.41, 5.74) is 1.08. The summed E-state index contributed by atoms with van der Waals surface area (Å²) in [5.74, 6) is -0.103. The number of benzene rings is 1. The first-order valence-electron chi connectivity index (χ1n) is 7.46. The quantitative estimate of drug-likeness (QED) is 0.855. The van der Waals surface area contributed by atoms with Crippen molar-refractivity contribution < 1.29 is 13.2 Å². The fraction of sp³-hybridized carbons (Fsp3) is 0.562. The van der Waals surface area contributed by atoms with Crippen molar-refractivity contribution in [1.82, 2.24) is 5.32 Å². The molecule has 1 amide bonds. The van der Waals surface area contributed by atoms with Gasteiger partial charge in [0.1, 0.15) is 0 Å². The molecule has 0 bridgehead atoms. The third-order valence-electron chi connectivity index (χ3n) is 3.34. The highest BCUT2D eigenvalue weighted by Crippen LogP contribution is 2.21. The zero-order chi connectivity index (χ0) is 17.8. The van der Waals surface area contributed by atoms with Crippen LogP contribution in [-0.4, -0.2) is 47.8 Å². The van der Waals surface area contributed by atoms with E-state index in [9.17, 15) is 13.2 Å². The Hall–Kier alpha value is -1.76. The first kappa shape index (κ1) is 19.3. The Morgan fingerprint density at radius 2 is 1.57 bits per heavy atom. The van der Waals surface area contributed by atoms with Gasteiger partial charge in [0, 0.05) is 31.7 Å². The Morgan fingerprint density at radius 1 is 1.09 bits per heavy atom. The molecule has 6 nitrogen and oxygen atoms in total. The van der Waals surface area contributed by atoms with Crippen LogP contribution in [0.1, 0.15) is 20.8 Å². The number of hydrogen-bond donors (Lipinski definition) is 1. The molecular formula is C16H27N3O3S. The van der Waals surface area contributed by atoms with E-state index in [2.05, 4.69) is 5.32 Å². The number of anilines is 2. The zero-order valence-electron chi connectivity index (χ0n) is 14.8. The van der Waals surface area contributed by atoms with Crippen molar-refractivity contribution in [3.8, 4) is 0 Å². The molecule has 130 valence electrons. The molecule has 0 saturated carbocycles. The van der Waals surface area contributed by atoms with Gasteiger partial charge in [0.25, 0.3) is 0 Å². The van der Waals surface area contributed by atoms with E-state index in [1.807, 2.05) is 51.9 Å². The number of rotatable bonds is 6. The van der Waals surface area contributed by atoms with E-state index in [1.165, 1.54) is 10.6 Å². The van der Waals surface area contributed by atoms with Crippen molar-refractivity contribution in [3.63, 3.8) is 0 Å². The van der Waals surface area contributed by atoms with Crippen LogP contribution in [0.2, 0.25) is 0 Å². The van der Waals surface area contributed by atoms with Gasteiger partial charge in [-0.15, -0.1) is 0 Å². The summed E-state index contributed by atoms with van der Waals surface area (Å²) in [7, 11) is 0.428. The van der Waals surface area contributed by atoms with Gasteiger partial charge >= 0.3 is 0 Å². The molecule has 0 spiro atoms. The van der Waals surface area contributed by atoms with Crippen LogP contribution < -0.4 is 14.5 Å². The lowest BCUT2D eigenvalue weighted by atomic mass is 9.96. The molecule has 7 heteroatoms. The van der Waals surface area contributed by atoms with Crippen LogP contribution in [0.15, 0.2) is 24.3 Å². The van der Waals surface area contributed by atoms with Crippen LogP contribution in [-0.2, 0) is 14.8 Å². The lowest BCUT2D eigenvalue weighted by Gasteiger charge is -2.24. The molecule has 0 saturated heterocycles. The van der Waals surface area contributed by atoms with Gasteiger partial charge in [0.05, 0.1) is 18.5 Å². The summed E-state index contributed by atoms with van der Waals surface area (Å²) in [5, 5.41) is 2.77. The van der Waals surface area contributed by atoms with E-state index in [0.717, 1.165) is 5.69 Å². The third kappa shape index (κ3) is 5.74. The number of carbonyl (C=O) groups excluding carboxylic acids is 1. The SMILES string of the molecule is CN(C)c1ccc(N(CCNC(=O)C(C)(C)C)S(C)(=O)=O)cc1. The lowest BCUT2D eigenvalue weighted by molar-refractivity contribution is -0.128. The van der Waals surface area contributed by atoms with Gasteiger partial charge in [0.2, 0.25) is 15.9 Å². The molecule has 0 aliphatic carbocycles. The Bertz CT molecular complexity index is 632. The second-order valence-corrected chi connectivity index (χ2v) is 8.66. The minimum Gasteiger partial charge on any atom is -0.378 e. The van der Waals surface area contributed by atoms with E-state index in [-0.39, 0.29) is 19.0 Å². The monoisotopic (exact) mass is 341 g/mol. The van der Waals surface area contributed by atoms with Crippen molar-refractivity contribution in [2.75, 3.05) is 42.6 Å². The molecule has 0 fully saturated rings. The highest BCUT2D eigenvalue weighted by atomic mass is 32.2. The average Bonchev–Trinajstić information content (AvgIpc) is 2.41. The van der Waals surface area contributed by atoms with Gasteiger partial charge in [-0.25, -0.2) is 8.42 Å². The number of nitrogens with zero attached hydrogens (tertiary/aromatic N) is 2. The minimum absolute atomic E-state index is 0.103. The first-order valence-corrected chi connectivity index (χ1v) is 9.31. The van der Waals surface area contributed by atoms with Gasteiger partial charge in [-0.1, -0.05) is 20.8 Å². The van der Waals surface area contributed by atoms with E-state index >= 15 is 0 Å². The molecule has 0 aliphatic rings. The van der Waals surface area contributed by atoms with Gasteiger partial charge in [0.15, 0.2) is 0 Å². The zero-order valence-corrected chi connectivity index (χ0v) is 15.6. The molecule has 0 radical (unpaired) electrons. The maximum absolute atomic E-state index is 12.0. The van der Waals surface area contributed by atoms with Gasteiger partial charge < -0.3 is 10.2 Å². The van der Waals surface area contributed by atoms with Gasteiger partial charge in [-0.2, -0.15) is 0 Å². The predicted octanol–water partition coefficient (Wildman–Crippen LogP) is 1.68. The number of sulfonamides is 1. The Morgan fingerprint density at radius 3 is 1.96 bits per heavy atom. The van der Waals surface area contributed by atoms with Crippen LogP contribution in [0.25, 0.3) is 0 Å². The maximum Gasteiger partial charge on any atom is 0.232 e. The smallest absolute Gasteiger partial charge is 0.232 e. The van der Waals surface area contributed by atoms with E-state index in [0.29, 0.717) is 5.69 Å². The number of hydrogen-bond acceptors (Lipinski definition) is 4. The molecule has 0 aliphatic heterocycles. The number of carbonyl (C=O) groups is 1. The van der Waals surface area contributed by atoms with Crippen LogP contribution in [0.5, 0.6) is 0 Å². The lowest BCUT2D eigenvalue weighted by Crippen LogP contribution is -2.41. The average molecular weight is 341 g/mol. The van der Waals surface area contributed by atoms with Gasteiger partial charge in [-0.3, -0.25) is 9.10 Å². The van der Waals surface area contributed by atoms with Crippen molar-refractivity contribution >= 4 is 27.3 Å². The van der Waals surface area contributed by atoms with E-state index < -0.39 is 15.4 Å².